The Morgan fingerprint density at radius 2 is 2.26 bits per heavy atom. The average molecular weight is 338 g/mol. The smallest absolute Gasteiger partial charge is 0.244 e. The van der Waals surface area contributed by atoms with E-state index in [1.807, 2.05) is 12.1 Å². The number of hydrogen-bond acceptors (Lipinski definition) is 4. The molecule has 0 bridgehead atoms. The van der Waals surface area contributed by atoms with Crippen molar-refractivity contribution in [3.63, 3.8) is 0 Å². The summed E-state index contributed by atoms with van der Waals surface area (Å²) in [7, 11) is -3.10. The molecule has 0 radical (unpaired) electrons. The molecule has 7 heteroatoms. The van der Waals surface area contributed by atoms with E-state index in [1.165, 1.54) is 10.4 Å². The summed E-state index contributed by atoms with van der Waals surface area (Å²) in [5.74, 6) is 2.81. The minimum absolute atomic E-state index is 0.210. The van der Waals surface area contributed by atoms with Crippen LogP contribution in [0.4, 0.5) is 0 Å². The molecule has 23 heavy (non-hydrogen) atoms. The molecule has 1 saturated heterocycles. The van der Waals surface area contributed by atoms with Crippen molar-refractivity contribution in [3.8, 4) is 0 Å². The number of hydrogen-bond donors (Lipinski definition) is 1. The van der Waals surface area contributed by atoms with E-state index in [1.54, 1.807) is 6.08 Å². The molecule has 2 heterocycles. The van der Waals surface area contributed by atoms with Gasteiger partial charge in [0.1, 0.15) is 11.5 Å². The maximum atomic E-state index is 11.7. The Morgan fingerprint density at radius 1 is 1.48 bits per heavy atom. The zero-order valence-electron chi connectivity index (χ0n) is 13.2. The third-order valence-corrected chi connectivity index (χ3v) is 6.34. The maximum absolute atomic E-state index is 11.7. The third-order valence-electron chi connectivity index (χ3n) is 4.39. The molecule has 1 aromatic rings. The van der Waals surface area contributed by atoms with E-state index in [0.29, 0.717) is 43.7 Å². The van der Waals surface area contributed by atoms with Gasteiger partial charge in [-0.25, -0.2) is 12.7 Å². The Balaban J connectivity index is 1.43. The Hall–Kier alpha value is -1.60. The van der Waals surface area contributed by atoms with Gasteiger partial charge >= 0.3 is 0 Å². The zero-order chi connectivity index (χ0) is 16.4. The lowest BCUT2D eigenvalue weighted by atomic mass is 10.3. The number of nitrogens with one attached hydrogen (secondary N) is 1. The summed E-state index contributed by atoms with van der Waals surface area (Å²) in [5, 5.41) is 2.69. The van der Waals surface area contributed by atoms with Gasteiger partial charge in [-0.05, 0) is 37.0 Å². The van der Waals surface area contributed by atoms with E-state index in [0.717, 1.165) is 12.2 Å². The molecule has 3 rings (SSSR count). The monoisotopic (exact) mass is 338 g/mol. The van der Waals surface area contributed by atoms with Gasteiger partial charge in [0.05, 0.1) is 5.75 Å². The van der Waals surface area contributed by atoms with E-state index in [9.17, 15) is 13.2 Å². The fraction of sp³-hybridized carbons (Fsp3) is 0.562. The molecule has 1 saturated carbocycles. The predicted molar refractivity (Wildman–Crippen MR) is 87.3 cm³/mol. The number of amides is 1. The lowest BCUT2D eigenvalue weighted by Gasteiger charge is -2.13. The van der Waals surface area contributed by atoms with Crippen LogP contribution in [0, 0.1) is 5.92 Å². The highest BCUT2D eigenvalue weighted by Gasteiger charge is 2.36. The zero-order valence-corrected chi connectivity index (χ0v) is 14.0. The minimum atomic E-state index is -3.10. The summed E-state index contributed by atoms with van der Waals surface area (Å²) in [6, 6.07) is 3.82. The van der Waals surface area contributed by atoms with Crippen LogP contribution >= 0.6 is 0 Å². The lowest BCUT2D eigenvalue weighted by molar-refractivity contribution is -0.116. The lowest BCUT2D eigenvalue weighted by Crippen LogP contribution is -2.35. The first kappa shape index (κ1) is 16.3. The summed E-state index contributed by atoms with van der Waals surface area (Å²) in [6.45, 7) is 3.37. The molecule has 1 aromatic heterocycles. The van der Waals surface area contributed by atoms with Gasteiger partial charge in [0.25, 0.3) is 0 Å². The normalized spacial score (nSPS) is 26.7. The third kappa shape index (κ3) is 4.03. The fourth-order valence-corrected chi connectivity index (χ4v) is 4.37. The first-order valence-corrected chi connectivity index (χ1v) is 9.60. The largest absolute Gasteiger partial charge is 0.461 e. The highest BCUT2D eigenvalue weighted by molar-refractivity contribution is 7.89. The second-order valence-corrected chi connectivity index (χ2v) is 8.34. The fourth-order valence-electron chi connectivity index (χ4n) is 2.84. The van der Waals surface area contributed by atoms with Crippen LogP contribution < -0.4 is 5.32 Å². The molecular weight excluding hydrogens is 316 g/mol. The highest BCUT2D eigenvalue weighted by atomic mass is 32.2. The second-order valence-electron chi connectivity index (χ2n) is 6.25. The standard InChI is InChI=1S/C16H22N2O4S/c1-12-11-14(12)15-5-3-13(22-15)4-6-16(19)17-7-9-18-8-2-10-23(18,20)21/h3-6,12,14H,2,7-11H2,1H3,(H,17,19)/b6-4+/t12-,14+/m1/s1. The second kappa shape index (κ2) is 6.49. The van der Waals surface area contributed by atoms with Gasteiger partial charge in [-0.15, -0.1) is 0 Å². The molecule has 0 spiro atoms. The van der Waals surface area contributed by atoms with E-state index < -0.39 is 10.0 Å². The van der Waals surface area contributed by atoms with Crippen molar-refractivity contribution >= 4 is 22.0 Å². The summed E-state index contributed by atoms with van der Waals surface area (Å²) >= 11 is 0. The van der Waals surface area contributed by atoms with E-state index in [2.05, 4.69) is 12.2 Å². The van der Waals surface area contributed by atoms with Crippen molar-refractivity contribution in [2.45, 2.75) is 25.7 Å². The van der Waals surface area contributed by atoms with Gasteiger partial charge in [0, 0.05) is 31.6 Å². The van der Waals surface area contributed by atoms with Crippen LogP contribution in [0.1, 0.15) is 37.2 Å². The van der Waals surface area contributed by atoms with Crippen LogP contribution in [0.3, 0.4) is 0 Å². The van der Waals surface area contributed by atoms with E-state index >= 15 is 0 Å². The van der Waals surface area contributed by atoms with Crippen molar-refractivity contribution in [1.29, 1.82) is 0 Å². The summed E-state index contributed by atoms with van der Waals surface area (Å²) < 4.78 is 30.4. The molecule has 2 fully saturated rings. The number of furan rings is 1. The number of nitrogens with zero attached hydrogens (tertiary/aromatic N) is 1. The molecule has 2 aliphatic rings. The molecule has 1 amide bonds. The number of rotatable bonds is 6. The molecule has 1 aliphatic carbocycles. The van der Waals surface area contributed by atoms with E-state index in [4.69, 9.17) is 4.42 Å². The van der Waals surface area contributed by atoms with Crippen LogP contribution in [0.25, 0.3) is 6.08 Å². The van der Waals surface area contributed by atoms with Crippen LogP contribution in [0.5, 0.6) is 0 Å². The van der Waals surface area contributed by atoms with Gasteiger partial charge in [0.2, 0.25) is 15.9 Å². The summed E-state index contributed by atoms with van der Waals surface area (Å²) in [5.41, 5.74) is 0. The number of carbonyl (C=O) groups excluding carboxylic acids is 1. The van der Waals surface area contributed by atoms with Gasteiger partial charge in [-0.1, -0.05) is 6.92 Å². The highest BCUT2D eigenvalue weighted by Crippen LogP contribution is 2.47. The van der Waals surface area contributed by atoms with Gasteiger partial charge < -0.3 is 9.73 Å². The molecule has 1 aliphatic heterocycles. The molecule has 2 atom stereocenters. The van der Waals surface area contributed by atoms with Gasteiger partial charge in [-0.3, -0.25) is 4.79 Å². The van der Waals surface area contributed by atoms with Crippen LogP contribution in [-0.2, 0) is 14.8 Å². The van der Waals surface area contributed by atoms with Crippen LogP contribution in [-0.4, -0.2) is 44.0 Å². The predicted octanol–water partition coefficient (Wildman–Crippen LogP) is 1.57. The average Bonchev–Trinajstić information content (AvgIpc) is 2.92. The van der Waals surface area contributed by atoms with Crippen LogP contribution in [0.15, 0.2) is 22.6 Å². The van der Waals surface area contributed by atoms with Crippen molar-refractivity contribution in [2.24, 2.45) is 5.92 Å². The molecule has 126 valence electrons. The molecule has 6 nitrogen and oxygen atoms in total. The van der Waals surface area contributed by atoms with E-state index in [-0.39, 0.29) is 11.7 Å². The SMILES string of the molecule is C[C@@H]1C[C@@H]1c1ccc(/C=C/C(=O)NCCN2CCCS2(=O)=O)o1. The molecule has 1 N–H and O–H groups in total. The van der Waals surface area contributed by atoms with Gasteiger partial charge in [0.15, 0.2) is 0 Å². The maximum Gasteiger partial charge on any atom is 0.244 e. The van der Waals surface area contributed by atoms with Crippen LogP contribution in [0.2, 0.25) is 0 Å². The first-order chi connectivity index (χ1) is 11.0. The Kier molecular flexibility index (Phi) is 4.59. The first-order valence-electron chi connectivity index (χ1n) is 7.99. The van der Waals surface area contributed by atoms with Gasteiger partial charge in [-0.2, -0.15) is 0 Å². The number of sulfonamides is 1. The summed E-state index contributed by atoms with van der Waals surface area (Å²) in [4.78, 5) is 11.7. The van der Waals surface area contributed by atoms with Crippen molar-refractivity contribution < 1.29 is 17.6 Å². The Bertz CT molecular complexity index is 707. The topological polar surface area (TPSA) is 79.6 Å². The molecule has 0 aromatic carbocycles. The summed E-state index contributed by atoms with van der Waals surface area (Å²) in [6.07, 6.45) is 4.88. The Labute approximate surface area is 136 Å². The minimum Gasteiger partial charge on any atom is -0.461 e. The number of carbonyl (C=O) groups is 1. The van der Waals surface area contributed by atoms with Crippen molar-refractivity contribution in [2.75, 3.05) is 25.4 Å². The van der Waals surface area contributed by atoms with Crippen molar-refractivity contribution in [1.82, 2.24) is 9.62 Å². The molecular formula is C16H22N2O4S. The quantitative estimate of drug-likeness (QED) is 0.799. The molecule has 0 unspecified atom stereocenters. The van der Waals surface area contributed by atoms with Crippen molar-refractivity contribution in [3.05, 3.63) is 29.7 Å². The Morgan fingerprint density at radius 3 is 2.91 bits per heavy atom.